The minimum Gasteiger partial charge on any atom is -0.360 e. The molecule has 2 heterocycles. The Morgan fingerprint density at radius 3 is 3.20 bits per heavy atom. The molecule has 0 saturated carbocycles. The van der Waals surface area contributed by atoms with Gasteiger partial charge in [-0.05, 0) is 37.5 Å². The molecule has 1 unspecified atom stereocenters. The van der Waals surface area contributed by atoms with E-state index in [9.17, 15) is 0 Å². The molecule has 0 bridgehead atoms. The van der Waals surface area contributed by atoms with Gasteiger partial charge in [-0.1, -0.05) is 11.6 Å². The number of aromatic amines is 1. The van der Waals surface area contributed by atoms with Crippen LogP contribution in [-0.2, 0) is 9.47 Å². The van der Waals surface area contributed by atoms with Crippen molar-refractivity contribution in [3.8, 4) is 0 Å². The maximum absolute atomic E-state index is 6.05. The van der Waals surface area contributed by atoms with E-state index in [0.717, 1.165) is 35.7 Å². The van der Waals surface area contributed by atoms with Gasteiger partial charge in [-0.2, -0.15) is 0 Å². The topological polar surface area (TPSA) is 34.2 Å². The first kappa shape index (κ1) is 14.3. The summed E-state index contributed by atoms with van der Waals surface area (Å²) < 4.78 is 11.3. The molecule has 3 rings (SSSR count). The van der Waals surface area contributed by atoms with Gasteiger partial charge in [0.05, 0.1) is 6.61 Å². The van der Waals surface area contributed by atoms with Crippen LogP contribution in [0.2, 0.25) is 5.02 Å². The number of rotatable bonds is 5. The number of halogens is 1. The molecule has 0 spiro atoms. The molecule has 3 nitrogen and oxygen atoms in total. The molecule has 108 valence electrons. The minimum absolute atomic E-state index is 0.00163. The number of nitrogens with one attached hydrogen (secondary N) is 1. The number of thioether (sulfide) groups is 1. The second-order valence-corrected chi connectivity index (χ2v) is 6.43. The fourth-order valence-corrected chi connectivity index (χ4v) is 3.40. The van der Waals surface area contributed by atoms with E-state index in [-0.39, 0.29) is 6.29 Å². The summed E-state index contributed by atoms with van der Waals surface area (Å²) in [5, 5.41) is 1.95. The van der Waals surface area contributed by atoms with Crippen LogP contribution in [0, 0.1) is 0 Å². The summed E-state index contributed by atoms with van der Waals surface area (Å²) in [7, 11) is 0. The number of ether oxygens (including phenoxy) is 2. The smallest absolute Gasteiger partial charge is 0.157 e. The predicted octanol–water partition coefficient (Wildman–Crippen LogP) is 4.46. The molecular formula is C15H18ClNO2S. The van der Waals surface area contributed by atoms with Gasteiger partial charge in [0.1, 0.15) is 0 Å². The molecule has 0 aliphatic carbocycles. The molecule has 1 fully saturated rings. The van der Waals surface area contributed by atoms with E-state index in [1.54, 1.807) is 11.8 Å². The lowest BCUT2D eigenvalue weighted by Gasteiger charge is -2.22. The molecule has 1 N–H and O–H groups in total. The number of aromatic nitrogens is 1. The monoisotopic (exact) mass is 311 g/mol. The summed E-state index contributed by atoms with van der Waals surface area (Å²) in [5.74, 6) is 0.916. The highest BCUT2D eigenvalue weighted by Crippen LogP contribution is 2.29. The third kappa shape index (κ3) is 3.50. The van der Waals surface area contributed by atoms with Crippen LogP contribution in [0.1, 0.15) is 19.3 Å². The molecule has 1 atom stereocenters. The van der Waals surface area contributed by atoms with Crippen molar-refractivity contribution in [2.24, 2.45) is 0 Å². The van der Waals surface area contributed by atoms with Crippen molar-refractivity contribution in [1.29, 1.82) is 0 Å². The van der Waals surface area contributed by atoms with E-state index >= 15 is 0 Å². The molecule has 0 amide bonds. The molecule has 1 saturated heterocycles. The Labute approximate surface area is 128 Å². The van der Waals surface area contributed by atoms with Gasteiger partial charge in [-0.3, -0.25) is 0 Å². The Bertz CT molecular complexity index is 566. The van der Waals surface area contributed by atoms with E-state index in [2.05, 4.69) is 4.98 Å². The fraction of sp³-hybridized carbons (Fsp3) is 0.467. The molecular weight excluding hydrogens is 294 g/mol. The third-order valence-corrected chi connectivity index (χ3v) is 4.64. The lowest BCUT2D eigenvalue weighted by molar-refractivity contribution is -0.158. The maximum Gasteiger partial charge on any atom is 0.157 e. The summed E-state index contributed by atoms with van der Waals surface area (Å²) in [4.78, 5) is 4.48. The largest absolute Gasteiger partial charge is 0.360 e. The quantitative estimate of drug-likeness (QED) is 0.654. The average molecular weight is 312 g/mol. The van der Waals surface area contributed by atoms with Crippen LogP contribution in [-0.4, -0.2) is 30.2 Å². The van der Waals surface area contributed by atoms with Crippen molar-refractivity contribution < 1.29 is 9.47 Å². The van der Waals surface area contributed by atoms with Gasteiger partial charge in [0, 0.05) is 39.4 Å². The summed E-state index contributed by atoms with van der Waals surface area (Å²) >= 11 is 7.83. The first-order valence-corrected chi connectivity index (χ1v) is 8.32. The zero-order valence-corrected chi connectivity index (χ0v) is 12.8. The first-order valence-electron chi connectivity index (χ1n) is 6.95. The fourth-order valence-electron chi connectivity index (χ4n) is 2.36. The van der Waals surface area contributed by atoms with Crippen molar-refractivity contribution in [2.75, 3.05) is 19.0 Å². The van der Waals surface area contributed by atoms with Crippen LogP contribution in [0.3, 0.4) is 0 Å². The van der Waals surface area contributed by atoms with Gasteiger partial charge >= 0.3 is 0 Å². The van der Waals surface area contributed by atoms with E-state index < -0.39 is 0 Å². The summed E-state index contributed by atoms with van der Waals surface area (Å²) in [6.45, 7) is 1.54. The standard InChI is InChI=1S/C15H18ClNO2S/c16-11-4-5-13-12(9-11)14(10-17-13)20-8-7-19-15-3-1-2-6-18-15/h4-5,9-10,15,17H,1-3,6-8H2. The van der Waals surface area contributed by atoms with Crippen molar-refractivity contribution in [3.63, 3.8) is 0 Å². The Hall–Kier alpha value is -0.680. The zero-order chi connectivity index (χ0) is 13.8. The van der Waals surface area contributed by atoms with Gasteiger partial charge in [0.15, 0.2) is 6.29 Å². The van der Waals surface area contributed by atoms with Crippen LogP contribution in [0.4, 0.5) is 0 Å². The second-order valence-electron chi connectivity index (χ2n) is 4.86. The van der Waals surface area contributed by atoms with Gasteiger partial charge in [0.2, 0.25) is 0 Å². The minimum atomic E-state index is 0.00163. The molecule has 0 radical (unpaired) electrons. The molecule has 2 aromatic rings. The molecule has 1 aromatic heterocycles. The molecule has 5 heteroatoms. The molecule has 20 heavy (non-hydrogen) atoms. The average Bonchev–Trinajstić information content (AvgIpc) is 2.87. The highest BCUT2D eigenvalue weighted by molar-refractivity contribution is 7.99. The normalized spacial score (nSPS) is 19.6. The van der Waals surface area contributed by atoms with Crippen LogP contribution in [0.5, 0.6) is 0 Å². The van der Waals surface area contributed by atoms with Crippen molar-refractivity contribution in [1.82, 2.24) is 4.98 Å². The van der Waals surface area contributed by atoms with Gasteiger partial charge in [-0.15, -0.1) is 11.8 Å². The Morgan fingerprint density at radius 1 is 1.40 bits per heavy atom. The van der Waals surface area contributed by atoms with Crippen molar-refractivity contribution in [2.45, 2.75) is 30.4 Å². The van der Waals surface area contributed by atoms with Crippen LogP contribution < -0.4 is 0 Å². The summed E-state index contributed by atoms with van der Waals surface area (Å²) in [5.41, 5.74) is 1.12. The van der Waals surface area contributed by atoms with Gasteiger partial charge in [0.25, 0.3) is 0 Å². The molecule has 1 aliphatic rings. The van der Waals surface area contributed by atoms with Crippen molar-refractivity contribution >= 4 is 34.3 Å². The predicted molar refractivity (Wildman–Crippen MR) is 83.6 cm³/mol. The molecule has 1 aliphatic heterocycles. The number of benzene rings is 1. The number of H-pyrrole nitrogens is 1. The van der Waals surface area contributed by atoms with Crippen LogP contribution in [0.25, 0.3) is 10.9 Å². The van der Waals surface area contributed by atoms with Crippen molar-refractivity contribution in [3.05, 3.63) is 29.4 Å². The van der Waals surface area contributed by atoms with Gasteiger partial charge in [-0.25, -0.2) is 0 Å². The summed E-state index contributed by atoms with van der Waals surface area (Å²) in [6.07, 6.45) is 5.42. The number of hydrogen-bond acceptors (Lipinski definition) is 3. The highest BCUT2D eigenvalue weighted by atomic mass is 35.5. The van der Waals surface area contributed by atoms with Gasteiger partial charge < -0.3 is 14.5 Å². The highest BCUT2D eigenvalue weighted by Gasteiger charge is 2.13. The van der Waals surface area contributed by atoms with E-state index in [1.807, 2.05) is 24.4 Å². The Kier molecular flexibility index (Phi) is 4.89. The lowest BCUT2D eigenvalue weighted by atomic mass is 10.2. The van der Waals surface area contributed by atoms with Crippen LogP contribution in [0.15, 0.2) is 29.3 Å². The zero-order valence-electron chi connectivity index (χ0n) is 11.2. The first-order chi connectivity index (χ1) is 9.83. The maximum atomic E-state index is 6.05. The van der Waals surface area contributed by atoms with E-state index in [1.165, 1.54) is 16.7 Å². The SMILES string of the molecule is Clc1ccc2[nH]cc(SCCOC3CCCCO3)c2c1. The Balaban J connectivity index is 1.50. The second kappa shape index (κ2) is 6.85. The van der Waals surface area contributed by atoms with E-state index in [0.29, 0.717) is 6.61 Å². The number of fused-ring (bicyclic) bond motifs is 1. The lowest BCUT2D eigenvalue weighted by Crippen LogP contribution is -2.23. The van der Waals surface area contributed by atoms with Crippen LogP contribution >= 0.6 is 23.4 Å². The Morgan fingerprint density at radius 2 is 2.35 bits per heavy atom. The third-order valence-electron chi connectivity index (χ3n) is 3.39. The molecule has 1 aromatic carbocycles. The van der Waals surface area contributed by atoms with E-state index in [4.69, 9.17) is 21.1 Å². The summed E-state index contributed by atoms with van der Waals surface area (Å²) in [6, 6.07) is 5.91. The number of hydrogen-bond donors (Lipinski definition) is 1.